The molecule has 1 aliphatic carbocycles. The molecule has 1 aromatic heterocycles. The van der Waals surface area contributed by atoms with Gasteiger partial charge < -0.3 is 9.30 Å². The molecule has 0 radical (unpaired) electrons. The van der Waals surface area contributed by atoms with Crippen LogP contribution in [-0.2, 0) is 4.74 Å². The van der Waals surface area contributed by atoms with E-state index < -0.39 is 0 Å². The normalized spacial score (nSPS) is 15.9. The highest BCUT2D eigenvalue weighted by molar-refractivity contribution is 5.92. The van der Waals surface area contributed by atoms with Crippen molar-refractivity contribution in [2.75, 3.05) is 6.61 Å². The van der Waals surface area contributed by atoms with Crippen molar-refractivity contribution in [1.82, 2.24) is 4.57 Å². The molecule has 1 atom stereocenters. The molecule has 2 aromatic rings. The van der Waals surface area contributed by atoms with Gasteiger partial charge in [-0.1, -0.05) is 35.9 Å². The Hall–Kier alpha value is -2.29. The van der Waals surface area contributed by atoms with Gasteiger partial charge in [-0.05, 0) is 44.4 Å². The first kappa shape index (κ1) is 14.6. The SMILES string of the molecule is CCOC(=O)c1c(C)cn(C2C=Cc3cc(C)ccc32)c1C. The molecule has 3 nitrogen and oxygen atoms in total. The van der Waals surface area contributed by atoms with Crippen LogP contribution in [0.4, 0.5) is 0 Å². The van der Waals surface area contributed by atoms with Crippen LogP contribution in [0, 0.1) is 20.8 Å². The fraction of sp³-hybridized carbons (Fsp3) is 0.316. The predicted molar refractivity (Wildman–Crippen MR) is 88.2 cm³/mol. The van der Waals surface area contributed by atoms with Crippen LogP contribution in [0.5, 0.6) is 0 Å². The summed E-state index contributed by atoms with van der Waals surface area (Å²) >= 11 is 0. The second kappa shape index (κ2) is 5.48. The van der Waals surface area contributed by atoms with Gasteiger partial charge in [0.05, 0.1) is 18.2 Å². The summed E-state index contributed by atoms with van der Waals surface area (Å²) in [6, 6.07) is 6.66. The van der Waals surface area contributed by atoms with Gasteiger partial charge in [0.2, 0.25) is 0 Å². The van der Waals surface area contributed by atoms with Crippen LogP contribution in [0.25, 0.3) is 6.08 Å². The van der Waals surface area contributed by atoms with Crippen molar-refractivity contribution in [3.05, 3.63) is 64.0 Å². The maximum absolute atomic E-state index is 12.2. The number of hydrogen-bond donors (Lipinski definition) is 0. The molecule has 1 aliphatic rings. The average molecular weight is 295 g/mol. The number of nitrogens with zero attached hydrogens (tertiary/aromatic N) is 1. The number of hydrogen-bond acceptors (Lipinski definition) is 2. The Morgan fingerprint density at radius 3 is 2.77 bits per heavy atom. The van der Waals surface area contributed by atoms with E-state index >= 15 is 0 Å². The largest absolute Gasteiger partial charge is 0.462 e. The maximum Gasteiger partial charge on any atom is 0.340 e. The number of benzene rings is 1. The molecule has 0 spiro atoms. The molecule has 3 heteroatoms. The topological polar surface area (TPSA) is 31.2 Å². The van der Waals surface area contributed by atoms with E-state index in [2.05, 4.69) is 41.8 Å². The fourth-order valence-corrected chi connectivity index (χ4v) is 3.23. The van der Waals surface area contributed by atoms with E-state index in [0.717, 1.165) is 11.3 Å². The summed E-state index contributed by atoms with van der Waals surface area (Å²) in [5.41, 5.74) is 6.41. The standard InChI is InChI=1S/C19H21NO2/c1-5-22-19(21)18-13(3)11-20(14(18)4)17-9-7-15-10-12(2)6-8-16(15)17/h6-11,17H,5H2,1-4H3. The van der Waals surface area contributed by atoms with Crippen LogP contribution in [0.1, 0.15) is 51.3 Å². The Kier molecular flexibility index (Phi) is 3.65. The number of carbonyl (C=O) groups excluding carboxylic acids is 1. The van der Waals surface area contributed by atoms with Gasteiger partial charge in [0.1, 0.15) is 0 Å². The summed E-state index contributed by atoms with van der Waals surface area (Å²) in [5.74, 6) is -0.234. The molecule has 3 rings (SSSR count). The number of aryl methyl sites for hydroxylation is 2. The molecular formula is C19H21NO2. The lowest BCUT2D eigenvalue weighted by Gasteiger charge is -2.16. The van der Waals surface area contributed by atoms with Crippen LogP contribution in [0.15, 0.2) is 30.5 Å². The molecule has 1 heterocycles. The van der Waals surface area contributed by atoms with E-state index in [9.17, 15) is 4.79 Å². The second-order valence-electron chi connectivity index (χ2n) is 5.84. The van der Waals surface area contributed by atoms with E-state index in [1.807, 2.05) is 27.0 Å². The third-order valence-corrected chi connectivity index (χ3v) is 4.27. The number of allylic oxidation sites excluding steroid dienone is 1. The first-order valence-electron chi connectivity index (χ1n) is 7.66. The third kappa shape index (κ3) is 2.27. The smallest absolute Gasteiger partial charge is 0.340 e. The Bertz CT molecular complexity index is 768. The van der Waals surface area contributed by atoms with Gasteiger partial charge in [-0.2, -0.15) is 0 Å². The van der Waals surface area contributed by atoms with E-state index in [4.69, 9.17) is 4.74 Å². The maximum atomic E-state index is 12.2. The molecule has 0 saturated heterocycles. The quantitative estimate of drug-likeness (QED) is 0.794. The molecule has 0 amide bonds. The van der Waals surface area contributed by atoms with E-state index in [1.54, 1.807) is 0 Å². The Labute approximate surface area is 131 Å². The predicted octanol–water partition coefficient (Wildman–Crippen LogP) is 4.21. The third-order valence-electron chi connectivity index (χ3n) is 4.27. The minimum atomic E-state index is -0.234. The lowest BCUT2D eigenvalue weighted by molar-refractivity contribution is 0.0524. The van der Waals surface area contributed by atoms with Gasteiger partial charge in [-0.3, -0.25) is 0 Å². The fourth-order valence-electron chi connectivity index (χ4n) is 3.23. The minimum Gasteiger partial charge on any atom is -0.462 e. The Morgan fingerprint density at radius 2 is 2.05 bits per heavy atom. The first-order valence-corrected chi connectivity index (χ1v) is 7.66. The van der Waals surface area contributed by atoms with Crippen molar-refractivity contribution in [3.63, 3.8) is 0 Å². The molecule has 1 unspecified atom stereocenters. The summed E-state index contributed by atoms with van der Waals surface area (Å²) in [5, 5.41) is 0. The van der Waals surface area contributed by atoms with Crippen molar-refractivity contribution in [2.24, 2.45) is 0 Å². The lowest BCUT2D eigenvalue weighted by atomic mass is 10.0. The van der Waals surface area contributed by atoms with Gasteiger partial charge in [0.15, 0.2) is 0 Å². The zero-order chi connectivity index (χ0) is 15.9. The average Bonchev–Trinajstić information content (AvgIpc) is 2.99. The van der Waals surface area contributed by atoms with E-state index in [-0.39, 0.29) is 12.0 Å². The summed E-state index contributed by atoms with van der Waals surface area (Å²) in [4.78, 5) is 12.2. The van der Waals surface area contributed by atoms with Crippen molar-refractivity contribution in [1.29, 1.82) is 0 Å². The molecule has 22 heavy (non-hydrogen) atoms. The Morgan fingerprint density at radius 1 is 1.27 bits per heavy atom. The minimum absolute atomic E-state index is 0.150. The number of esters is 1. The summed E-state index contributed by atoms with van der Waals surface area (Å²) in [7, 11) is 0. The first-order chi connectivity index (χ1) is 10.5. The molecule has 0 bridgehead atoms. The number of ether oxygens (including phenoxy) is 1. The van der Waals surface area contributed by atoms with E-state index in [0.29, 0.717) is 12.2 Å². The number of fused-ring (bicyclic) bond motifs is 1. The number of aromatic nitrogens is 1. The van der Waals surface area contributed by atoms with Gasteiger partial charge in [0, 0.05) is 11.9 Å². The highest BCUT2D eigenvalue weighted by atomic mass is 16.5. The molecule has 0 N–H and O–H groups in total. The van der Waals surface area contributed by atoms with Gasteiger partial charge in [-0.25, -0.2) is 4.79 Å². The van der Waals surface area contributed by atoms with E-state index in [1.165, 1.54) is 16.7 Å². The molecule has 0 fully saturated rings. The summed E-state index contributed by atoms with van der Waals surface area (Å²) in [6.45, 7) is 8.28. The lowest BCUT2D eigenvalue weighted by Crippen LogP contribution is -2.11. The second-order valence-corrected chi connectivity index (χ2v) is 5.84. The van der Waals surface area contributed by atoms with Gasteiger partial charge >= 0.3 is 5.97 Å². The monoisotopic (exact) mass is 295 g/mol. The molecule has 114 valence electrons. The molecule has 0 saturated carbocycles. The van der Waals surface area contributed by atoms with Crippen LogP contribution < -0.4 is 0 Å². The highest BCUT2D eigenvalue weighted by Crippen LogP contribution is 2.34. The summed E-state index contributed by atoms with van der Waals surface area (Å²) in [6.07, 6.45) is 6.39. The van der Waals surface area contributed by atoms with Crippen LogP contribution in [0.2, 0.25) is 0 Å². The zero-order valence-electron chi connectivity index (χ0n) is 13.5. The highest BCUT2D eigenvalue weighted by Gasteiger charge is 2.24. The van der Waals surface area contributed by atoms with Crippen LogP contribution >= 0.6 is 0 Å². The molecular weight excluding hydrogens is 274 g/mol. The Balaban J connectivity index is 2.04. The summed E-state index contributed by atoms with van der Waals surface area (Å²) < 4.78 is 7.35. The molecule has 0 aliphatic heterocycles. The number of carbonyl (C=O) groups is 1. The van der Waals surface area contributed by atoms with Crippen molar-refractivity contribution in [2.45, 2.75) is 33.7 Å². The van der Waals surface area contributed by atoms with Gasteiger partial charge in [-0.15, -0.1) is 0 Å². The van der Waals surface area contributed by atoms with Crippen molar-refractivity contribution < 1.29 is 9.53 Å². The van der Waals surface area contributed by atoms with Gasteiger partial charge in [0.25, 0.3) is 0 Å². The number of rotatable bonds is 3. The van der Waals surface area contributed by atoms with Crippen LogP contribution in [0.3, 0.4) is 0 Å². The van der Waals surface area contributed by atoms with Crippen molar-refractivity contribution in [3.8, 4) is 0 Å². The van der Waals surface area contributed by atoms with Crippen molar-refractivity contribution >= 4 is 12.0 Å². The van der Waals surface area contributed by atoms with Crippen LogP contribution in [-0.4, -0.2) is 17.1 Å². The zero-order valence-corrected chi connectivity index (χ0v) is 13.5. The molecule has 1 aromatic carbocycles.